The lowest BCUT2D eigenvalue weighted by Crippen LogP contribution is -2.23. The molecule has 0 radical (unpaired) electrons. The zero-order valence-electron chi connectivity index (χ0n) is 9.90. The van der Waals surface area contributed by atoms with Crippen LogP contribution < -0.4 is 5.32 Å². The van der Waals surface area contributed by atoms with Crippen LogP contribution >= 0.6 is 0 Å². The molecule has 0 aliphatic heterocycles. The van der Waals surface area contributed by atoms with Gasteiger partial charge < -0.3 is 5.32 Å². The first-order valence-corrected chi connectivity index (χ1v) is 5.54. The van der Waals surface area contributed by atoms with Crippen molar-refractivity contribution in [2.75, 3.05) is 6.54 Å². The highest BCUT2D eigenvalue weighted by molar-refractivity contribution is 5.08. The van der Waals surface area contributed by atoms with Gasteiger partial charge in [0.1, 0.15) is 0 Å². The van der Waals surface area contributed by atoms with Crippen LogP contribution in [0.3, 0.4) is 0 Å². The van der Waals surface area contributed by atoms with Crippen LogP contribution in [0.25, 0.3) is 0 Å². The summed E-state index contributed by atoms with van der Waals surface area (Å²) in [5, 5.41) is 7.51. The van der Waals surface area contributed by atoms with Crippen molar-refractivity contribution < 1.29 is 0 Å². The van der Waals surface area contributed by atoms with Crippen molar-refractivity contribution in [1.29, 1.82) is 0 Å². The molecule has 1 heterocycles. The van der Waals surface area contributed by atoms with Crippen LogP contribution in [0.15, 0.2) is 24.5 Å². The van der Waals surface area contributed by atoms with Gasteiger partial charge >= 0.3 is 0 Å². The Kier molecular flexibility index (Phi) is 5.12. The third-order valence-electron chi connectivity index (χ3n) is 2.14. The van der Waals surface area contributed by atoms with E-state index < -0.39 is 0 Å². The molecule has 0 fully saturated rings. The average Bonchev–Trinajstić information content (AvgIpc) is 2.57. The Morgan fingerprint density at radius 1 is 1.47 bits per heavy atom. The monoisotopic (exact) mass is 207 g/mol. The molecule has 1 N–H and O–H groups in total. The standard InChI is InChI=1S/C12H21N3/c1-11(2)13-8-6-4-5-7-12-9-14-15(3)10-12/h4-5,9-11,13H,6-8H2,1-3H3. The smallest absolute Gasteiger partial charge is 0.0524 e. The number of hydrogen-bond donors (Lipinski definition) is 1. The van der Waals surface area contributed by atoms with E-state index in [1.807, 2.05) is 17.9 Å². The molecule has 15 heavy (non-hydrogen) atoms. The largest absolute Gasteiger partial charge is 0.314 e. The number of allylic oxidation sites excluding steroid dienone is 1. The first-order valence-electron chi connectivity index (χ1n) is 5.54. The highest BCUT2D eigenvalue weighted by atomic mass is 15.2. The average molecular weight is 207 g/mol. The van der Waals surface area contributed by atoms with Crippen molar-refractivity contribution in [3.63, 3.8) is 0 Å². The SMILES string of the molecule is CC(C)NCCC=CCc1cnn(C)c1. The van der Waals surface area contributed by atoms with Gasteiger partial charge in [-0.2, -0.15) is 5.10 Å². The van der Waals surface area contributed by atoms with E-state index in [0.717, 1.165) is 19.4 Å². The van der Waals surface area contributed by atoms with E-state index in [0.29, 0.717) is 6.04 Å². The van der Waals surface area contributed by atoms with Crippen LogP contribution in [0.5, 0.6) is 0 Å². The number of aromatic nitrogens is 2. The maximum absolute atomic E-state index is 4.13. The summed E-state index contributed by atoms with van der Waals surface area (Å²) < 4.78 is 1.84. The van der Waals surface area contributed by atoms with Crippen molar-refractivity contribution in [1.82, 2.24) is 15.1 Å². The minimum Gasteiger partial charge on any atom is -0.314 e. The zero-order valence-corrected chi connectivity index (χ0v) is 9.90. The van der Waals surface area contributed by atoms with E-state index in [2.05, 4.69) is 42.6 Å². The van der Waals surface area contributed by atoms with Crippen molar-refractivity contribution >= 4 is 0 Å². The van der Waals surface area contributed by atoms with E-state index in [1.165, 1.54) is 5.56 Å². The lowest BCUT2D eigenvalue weighted by atomic mass is 10.2. The molecule has 0 bridgehead atoms. The summed E-state index contributed by atoms with van der Waals surface area (Å²) in [5.41, 5.74) is 1.27. The van der Waals surface area contributed by atoms with Crippen molar-refractivity contribution in [3.05, 3.63) is 30.1 Å². The molecule has 84 valence electrons. The minimum atomic E-state index is 0.580. The summed E-state index contributed by atoms with van der Waals surface area (Å²) in [4.78, 5) is 0. The van der Waals surface area contributed by atoms with Crippen LogP contribution in [-0.4, -0.2) is 22.4 Å². The molecule has 0 atom stereocenters. The number of aryl methyl sites for hydroxylation is 1. The van der Waals surface area contributed by atoms with E-state index in [9.17, 15) is 0 Å². The number of rotatable bonds is 6. The fourth-order valence-corrected chi connectivity index (χ4v) is 1.37. The first kappa shape index (κ1) is 12.0. The van der Waals surface area contributed by atoms with Crippen molar-refractivity contribution in [2.45, 2.75) is 32.7 Å². The molecule has 3 nitrogen and oxygen atoms in total. The summed E-state index contributed by atoms with van der Waals surface area (Å²) in [6.45, 7) is 5.39. The van der Waals surface area contributed by atoms with Gasteiger partial charge in [-0.15, -0.1) is 0 Å². The Morgan fingerprint density at radius 2 is 2.27 bits per heavy atom. The summed E-state index contributed by atoms with van der Waals surface area (Å²) in [6, 6.07) is 0.580. The van der Waals surface area contributed by atoms with E-state index in [1.54, 1.807) is 0 Å². The van der Waals surface area contributed by atoms with Crippen LogP contribution in [-0.2, 0) is 13.5 Å². The lowest BCUT2D eigenvalue weighted by Gasteiger charge is -2.04. The Morgan fingerprint density at radius 3 is 2.87 bits per heavy atom. The summed E-state index contributed by atoms with van der Waals surface area (Å²) in [6.07, 6.45) is 10.5. The fraction of sp³-hybridized carbons (Fsp3) is 0.583. The third-order valence-corrected chi connectivity index (χ3v) is 2.14. The van der Waals surface area contributed by atoms with Gasteiger partial charge in [-0.1, -0.05) is 26.0 Å². The Balaban J connectivity index is 2.12. The second-order valence-corrected chi connectivity index (χ2v) is 4.10. The molecular formula is C12H21N3. The molecule has 1 rings (SSSR count). The molecule has 0 spiro atoms. The minimum absolute atomic E-state index is 0.580. The predicted molar refractivity (Wildman–Crippen MR) is 63.8 cm³/mol. The quantitative estimate of drug-likeness (QED) is 0.570. The molecule has 0 saturated carbocycles. The molecule has 0 unspecified atom stereocenters. The van der Waals surface area contributed by atoms with Gasteiger partial charge in [0.15, 0.2) is 0 Å². The van der Waals surface area contributed by atoms with Gasteiger partial charge in [0.2, 0.25) is 0 Å². The van der Waals surface area contributed by atoms with E-state index in [-0.39, 0.29) is 0 Å². The highest BCUT2D eigenvalue weighted by Gasteiger charge is 1.92. The Hall–Kier alpha value is -1.09. The normalized spacial score (nSPS) is 11.7. The summed E-state index contributed by atoms with van der Waals surface area (Å²) >= 11 is 0. The van der Waals surface area contributed by atoms with Crippen molar-refractivity contribution in [3.8, 4) is 0 Å². The first-order chi connectivity index (χ1) is 7.18. The maximum atomic E-state index is 4.13. The lowest BCUT2D eigenvalue weighted by molar-refractivity contribution is 0.594. The van der Waals surface area contributed by atoms with Crippen LogP contribution in [0.2, 0.25) is 0 Å². The second-order valence-electron chi connectivity index (χ2n) is 4.10. The van der Waals surface area contributed by atoms with Crippen LogP contribution in [0.4, 0.5) is 0 Å². The van der Waals surface area contributed by atoms with Gasteiger partial charge in [-0.25, -0.2) is 0 Å². The van der Waals surface area contributed by atoms with Crippen molar-refractivity contribution in [2.24, 2.45) is 7.05 Å². The molecule has 3 heteroatoms. The molecule has 0 aliphatic carbocycles. The molecule has 0 aromatic carbocycles. The van der Waals surface area contributed by atoms with Gasteiger partial charge in [0.25, 0.3) is 0 Å². The number of nitrogens with zero attached hydrogens (tertiary/aromatic N) is 2. The topological polar surface area (TPSA) is 29.9 Å². The number of nitrogens with one attached hydrogen (secondary N) is 1. The van der Waals surface area contributed by atoms with Gasteiger partial charge in [0, 0.05) is 19.3 Å². The van der Waals surface area contributed by atoms with Gasteiger partial charge in [-0.05, 0) is 24.9 Å². The second kappa shape index (κ2) is 6.40. The third kappa shape index (κ3) is 5.37. The molecular weight excluding hydrogens is 186 g/mol. The Labute approximate surface area is 92.2 Å². The van der Waals surface area contributed by atoms with Gasteiger partial charge in [0.05, 0.1) is 6.20 Å². The molecule has 1 aromatic rings. The maximum Gasteiger partial charge on any atom is 0.0524 e. The molecule has 0 aliphatic rings. The molecule has 1 aromatic heterocycles. The van der Waals surface area contributed by atoms with E-state index >= 15 is 0 Å². The number of hydrogen-bond acceptors (Lipinski definition) is 2. The van der Waals surface area contributed by atoms with Gasteiger partial charge in [-0.3, -0.25) is 4.68 Å². The van der Waals surface area contributed by atoms with E-state index in [4.69, 9.17) is 0 Å². The molecule has 0 amide bonds. The zero-order chi connectivity index (χ0) is 11.1. The Bertz CT molecular complexity index is 300. The fourth-order valence-electron chi connectivity index (χ4n) is 1.37. The molecule has 0 saturated heterocycles. The highest BCUT2D eigenvalue weighted by Crippen LogP contribution is 1.98. The summed E-state index contributed by atoms with van der Waals surface area (Å²) in [5.74, 6) is 0. The predicted octanol–water partition coefficient (Wildman–Crippen LogP) is 1.91. The van der Waals surface area contributed by atoms with Crippen LogP contribution in [0.1, 0.15) is 25.8 Å². The summed E-state index contributed by atoms with van der Waals surface area (Å²) in [7, 11) is 1.94. The van der Waals surface area contributed by atoms with Crippen LogP contribution in [0, 0.1) is 0 Å².